The van der Waals surface area contributed by atoms with Crippen LogP contribution >= 0.6 is 11.6 Å². The van der Waals surface area contributed by atoms with Gasteiger partial charge in [-0.25, -0.2) is 0 Å². The lowest BCUT2D eigenvalue weighted by atomic mass is 10.2. The minimum absolute atomic E-state index is 0.0766. The highest BCUT2D eigenvalue weighted by Gasteiger charge is 2.09. The van der Waals surface area contributed by atoms with Crippen molar-refractivity contribution in [2.75, 3.05) is 10.6 Å². The third-order valence-corrected chi connectivity index (χ3v) is 4.49. The van der Waals surface area contributed by atoms with E-state index in [1.807, 2.05) is 44.2 Å². The molecular weight excluding hydrogens is 412 g/mol. The Labute approximate surface area is 186 Å². The third-order valence-electron chi connectivity index (χ3n) is 4.18. The van der Waals surface area contributed by atoms with E-state index in [0.29, 0.717) is 22.0 Å². The van der Waals surface area contributed by atoms with E-state index >= 15 is 0 Å². The number of halogens is 1. The van der Waals surface area contributed by atoms with Gasteiger partial charge in [-0.05, 0) is 68.0 Å². The van der Waals surface area contributed by atoms with Gasteiger partial charge in [0.15, 0.2) is 0 Å². The summed E-state index contributed by atoms with van der Waals surface area (Å²) in [6, 6.07) is 21.3. The maximum atomic E-state index is 12.3. The first kappa shape index (κ1) is 22.1. The molecule has 158 valence electrons. The van der Waals surface area contributed by atoms with E-state index in [1.54, 1.807) is 48.5 Å². The second kappa shape index (κ2) is 10.5. The van der Waals surface area contributed by atoms with Crippen LogP contribution in [0.4, 0.5) is 11.4 Å². The SMILES string of the molecule is CC(C)Oc1cccc(/C=C/C(=O)Nc2ccc(NC(=O)c3ccccc3)c(Cl)c2)c1. The summed E-state index contributed by atoms with van der Waals surface area (Å²) in [4.78, 5) is 24.5. The number of hydrogen-bond donors (Lipinski definition) is 2. The predicted molar refractivity (Wildman–Crippen MR) is 126 cm³/mol. The van der Waals surface area contributed by atoms with Crippen LogP contribution in [0.3, 0.4) is 0 Å². The van der Waals surface area contributed by atoms with E-state index < -0.39 is 0 Å². The summed E-state index contributed by atoms with van der Waals surface area (Å²) in [6.07, 6.45) is 3.22. The monoisotopic (exact) mass is 434 g/mol. The minimum atomic E-state index is -0.299. The maximum absolute atomic E-state index is 12.3. The molecule has 0 fully saturated rings. The van der Waals surface area contributed by atoms with Crippen molar-refractivity contribution in [2.24, 2.45) is 0 Å². The Morgan fingerprint density at radius 3 is 2.42 bits per heavy atom. The molecule has 2 amide bonds. The molecule has 0 saturated heterocycles. The summed E-state index contributed by atoms with van der Waals surface area (Å²) in [7, 11) is 0. The topological polar surface area (TPSA) is 67.4 Å². The zero-order valence-electron chi connectivity index (χ0n) is 17.3. The van der Waals surface area contributed by atoms with E-state index in [1.165, 1.54) is 6.08 Å². The van der Waals surface area contributed by atoms with Gasteiger partial charge in [0.25, 0.3) is 5.91 Å². The van der Waals surface area contributed by atoms with Crippen LogP contribution < -0.4 is 15.4 Å². The lowest BCUT2D eigenvalue weighted by Gasteiger charge is -2.10. The fourth-order valence-electron chi connectivity index (χ4n) is 2.80. The van der Waals surface area contributed by atoms with Crippen molar-refractivity contribution in [3.8, 4) is 5.75 Å². The summed E-state index contributed by atoms with van der Waals surface area (Å²) in [6.45, 7) is 3.92. The Morgan fingerprint density at radius 2 is 1.71 bits per heavy atom. The number of rotatable bonds is 7. The van der Waals surface area contributed by atoms with Crippen molar-refractivity contribution in [1.29, 1.82) is 0 Å². The average Bonchev–Trinajstić information content (AvgIpc) is 2.74. The number of nitrogens with one attached hydrogen (secondary N) is 2. The molecule has 2 N–H and O–H groups in total. The highest BCUT2D eigenvalue weighted by atomic mass is 35.5. The molecule has 0 aliphatic heterocycles. The zero-order valence-corrected chi connectivity index (χ0v) is 18.0. The summed E-state index contributed by atoms with van der Waals surface area (Å²) >= 11 is 6.28. The first-order valence-corrected chi connectivity index (χ1v) is 10.2. The van der Waals surface area contributed by atoms with Crippen LogP contribution in [0.1, 0.15) is 29.8 Å². The average molecular weight is 435 g/mol. The Hall–Kier alpha value is -3.57. The summed E-state index contributed by atoms with van der Waals surface area (Å²) < 4.78 is 5.66. The first-order valence-electron chi connectivity index (χ1n) is 9.82. The smallest absolute Gasteiger partial charge is 0.255 e. The number of amides is 2. The van der Waals surface area contributed by atoms with Gasteiger partial charge in [0.1, 0.15) is 5.75 Å². The molecule has 0 bridgehead atoms. The molecule has 3 aromatic rings. The summed E-state index contributed by atoms with van der Waals surface area (Å²) in [5, 5.41) is 5.84. The quantitative estimate of drug-likeness (QED) is 0.446. The van der Waals surface area contributed by atoms with Crippen molar-refractivity contribution < 1.29 is 14.3 Å². The van der Waals surface area contributed by atoms with Crippen LogP contribution in [0.15, 0.2) is 78.9 Å². The molecule has 0 heterocycles. The second-order valence-electron chi connectivity index (χ2n) is 7.08. The number of benzene rings is 3. The largest absolute Gasteiger partial charge is 0.491 e. The molecule has 0 spiro atoms. The molecular formula is C25H23ClN2O3. The molecule has 0 aliphatic rings. The van der Waals surface area contributed by atoms with E-state index in [2.05, 4.69) is 10.6 Å². The van der Waals surface area contributed by atoms with Gasteiger partial charge in [-0.1, -0.05) is 41.9 Å². The molecule has 0 unspecified atom stereocenters. The van der Waals surface area contributed by atoms with Gasteiger partial charge in [-0.2, -0.15) is 0 Å². The van der Waals surface area contributed by atoms with Gasteiger partial charge in [0.2, 0.25) is 5.91 Å². The number of anilines is 2. The number of carbonyl (C=O) groups is 2. The molecule has 0 aromatic heterocycles. The molecule has 0 radical (unpaired) electrons. The first-order chi connectivity index (χ1) is 14.9. The number of ether oxygens (including phenoxy) is 1. The summed E-state index contributed by atoms with van der Waals surface area (Å²) in [5.74, 6) is 0.190. The zero-order chi connectivity index (χ0) is 22.2. The van der Waals surface area contributed by atoms with Crippen LogP contribution in [0.2, 0.25) is 5.02 Å². The number of hydrogen-bond acceptors (Lipinski definition) is 3. The Kier molecular flexibility index (Phi) is 7.46. The van der Waals surface area contributed by atoms with Crippen molar-refractivity contribution in [3.05, 3.63) is 95.0 Å². The normalized spacial score (nSPS) is 10.8. The van der Waals surface area contributed by atoms with E-state index in [-0.39, 0.29) is 17.9 Å². The van der Waals surface area contributed by atoms with Crippen LogP contribution in [0.25, 0.3) is 6.08 Å². The van der Waals surface area contributed by atoms with Crippen molar-refractivity contribution in [2.45, 2.75) is 20.0 Å². The third kappa shape index (κ3) is 6.73. The van der Waals surface area contributed by atoms with Crippen LogP contribution in [-0.4, -0.2) is 17.9 Å². The Bertz CT molecular complexity index is 1090. The van der Waals surface area contributed by atoms with E-state index in [0.717, 1.165) is 11.3 Å². The molecule has 0 saturated carbocycles. The van der Waals surface area contributed by atoms with E-state index in [4.69, 9.17) is 16.3 Å². The predicted octanol–water partition coefficient (Wildman–Crippen LogP) is 6.03. The fourth-order valence-corrected chi connectivity index (χ4v) is 3.03. The molecule has 31 heavy (non-hydrogen) atoms. The van der Waals surface area contributed by atoms with Crippen molar-refractivity contribution >= 4 is 40.9 Å². The molecule has 0 atom stereocenters. The second-order valence-corrected chi connectivity index (χ2v) is 7.48. The molecule has 3 rings (SSSR count). The highest BCUT2D eigenvalue weighted by molar-refractivity contribution is 6.34. The van der Waals surface area contributed by atoms with Gasteiger partial charge in [-0.3, -0.25) is 9.59 Å². The lowest BCUT2D eigenvalue weighted by molar-refractivity contribution is -0.111. The molecule has 0 aliphatic carbocycles. The molecule has 5 nitrogen and oxygen atoms in total. The molecule has 6 heteroatoms. The van der Waals surface area contributed by atoms with Crippen molar-refractivity contribution in [3.63, 3.8) is 0 Å². The molecule has 3 aromatic carbocycles. The van der Waals surface area contributed by atoms with Gasteiger partial charge in [0, 0.05) is 17.3 Å². The van der Waals surface area contributed by atoms with Gasteiger partial charge >= 0.3 is 0 Å². The van der Waals surface area contributed by atoms with Gasteiger partial charge in [0.05, 0.1) is 16.8 Å². The lowest BCUT2D eigenvalue weighted by Crippen LogP contribution is -2.12. The van der Waals surface area contributed by atoms with Crippen LogP contribution in [0, 0.1) is 0 Å². The van der Waals surface area contributed by atoms with E-state index in [9.17, 15) is 9.59 Å². The Balaban J connectivity index is 1.61. The van der Waals surface area contributed by atoms with Crippen LogP contribution in [-0.2, 0) is 4.79 Å². The van der Waals surface area contributed by atoms with Crippen molar-refractivity contribution in [1.82, 2.24) is 0 Å². The fraction of sp³-hybridized carbons (Fsp3) is 0.120. The highest BCUT2D eigenvalue weighted by Crippen LogP contribution is 2.26. The number of carbonyl (C=O) groups excluding carboxylic acids is 2. The Morgan fingerprint density at radius 1 is 0.935 bits per heavy atom. The summed E-state index contributed by atoms with van der Waals surface area (Å²) in [5.41, 5.74) is 2.37. The maximum Gasteiger partial charge on any atom is 0.255 e. The standard InChI is InChI=1S/C25H23ClN2O3/c1-17(2)31-21-10-6-7-18(15-21)11-14-24(29)27-20-12-13-23(22(26)16-20)28-25(30)19-8-4-3-5-9-19/h3-17H,1-2H3,(H,27,29)(H,28,30)/b14-11+. The van der Waals surface area contributed by atoms with Gasteiger partial charge < -0.3 is 15.4 Å². The van der Waals surface area contributed by atoms with Gasteiger partial charge in [-0.15, -0.1) is 0 Å². The minimum Gasteiger partial charge on any atom is -0.491 e. The van der Waals surface area contributed by atoms with Crippen LogP contribution in [0.5, 0.6) is 5.75 Å².